The van der Waals surface area contributed by atoms with Gasteiger partial charge in [0.25, 0.3) is 0 Å². The average molecular weight is 362 g/mol. The second-order valence-electron chi connectivity index (χ2n) is 10.8. The number of hydrogen-bond acceptors (Lipinski definition) is 3. The molecule has 6 unspecified atom stereocenters. The Labute approximate surface area is 159 Å². The Balaban J connectivity index is 1.43. The van der Waals surface area contributed by atoms with E-state index in [2.05, 4.69) is 32.6 Å². The molecule has 0 radical (unpaired) electrons. The van der Waals surface area contributed by atoms with E-state index in [-0.39, 0.29) is 11.5 Å². The maximum Gasteiger partial charge on any atom is 0.0847 e. The highest BCUT2D eigenvalue weighted by molar-refractivity contribution is 5.14. The lowest BCUT2D eigenvalue weighted by Gasteiger charge is -2.59. The maximum atomic E-state index is 11.3. The Bertz CT molecular complexity index is 562. The Morgan fingerprint density at radius 2 is 1.73 bits per heavy atom. The molecule has 10 atom stereocenters. The number of fused-ring (bicyclic) bond motifs is 6. The van der Waals surface area contributed by atoms with Gasteiger partial charge < -0.3 is 9.84 Å². The van der Waals surface area contributed by atoms with Gasteiger partial charge in [-0.25, -0.2) is 0 Å². The van der Waals surface area contributed by atoms with Crippen LogP contribution < -0.4 is 0 Å². The van der Waals surface area contributed by atoms with E-state index in [0.717, 1.165) is 36.8 Å². The van der Waals surface area contributed by atoms with E-state index in [1.54, 1.807) is 0 Å². The molecule has 3 heteroatoms. The molecular weight excluding hydrogens is 322 g/mol. The molecule has 1 saturated heterocycles. The lowest BCUT2D eigenvalue weighted by Crippen LogP contribution is -2.54. The second kappa shape index (κ2) is 5.94. The van der Waals surface area contributed by atoms with Crippen molar-refractivity contribution < 1.29 is 9.84 Å². The SMILES string of the molecule is CCN(CC)C1CC2C3CCC4C[C@@H]5O[C@@H]5C[C@]4(C)C3CC[C@]2(C)C1O. The topological polar surface area (TPSA) is 36.0 Å². The third kappa shape index (κ3) is 2.29. The smallest absolute Gasteiger partial charge is 0.0847 e. The first-order chi connectivity index (χ1) is 12.4. The molecule has 0 spiro atoms. The van der Waals surface area contributed by atoms with Gasteiger partial charge in [-0.2, -0.15) is 0 Å². The number of rotatable bonds is 3. The lowest BCUT2D eigenvalue weighted by molar-refractivity contribution is -0.119. The summed E-state index contributed by atoms with van der Waals surface area (Å²) in [4.78, 5) is 2.53. The maximum absolute atomic E-state index is 11.3. The molecule has 26 heavy (non-hydrogen) atoms. The highest BCUT2D eigenvalue weighted by Gasteiger charge is 2.65. The van der Waals surface area contributed by atoms with Gasteiger partial charge >= 0.3 is 0 Å². The molecule has 0 aromatic carbocycles. The van der Waals surface area contributed by atoms with Gasteiger partial charge in [-0.3, -0.25) is 4.90 Å². The first-order valence-corrected chi connectivity index (χ1v) is 11.5. The number of hydrogen-bond donors (Lipinski definition) is 1. The predicted octanol–water partition coefficient (Wildman–Crippen LogP) is 4.09. The molecule has 4 aliphatic carbocycles. The van der Waals surface area contributed by atoms with E-state index < -0.39 is 0 Å². The summed E-state index contributed by atoms with van der Waals surface area (Å²) in [7, 11) is 0. The van der Waals surface area contributed by atoms with Crippen molar-refractivity contribution in [2.75, 3.05) is 13.1 Å². The summed E-state index contributed by atoms with van der Waals surface area (Å²) >= 11 is 0. The van der Waals surface area contributed by atoms with E-state index in [0.29, 0.717) is 23.7 Å². The Morgan fingerprint density at radius 3 is 2.46 bits per heavy atom. The second-order valence-corrected chi connectivity index (χ2v) is 10.8. The van der Waals surface area contributed by atoms with Crippen LogP contribution in [-0.4, -0.2) is 47.4 Å². The van der Waals surface area contributed by atoms with Gasteiger partial charge in [-0.15, -0.1) is 0 Å². The summed E-state index contributed by atoms with van der Waals surface area (Å²) in [5.41, 5.74) is 0.644. The van der Waals surface area contributed by atoms with Crippen LogP contribution in [0.25, 0.3) is 0 Å². The number of likely N-dealkylation sites (N-methyl/N-ethyl adjacent to an activating group) is 1. The number of ether oxygens (including phenoxy) is 1. The monoisotopic (exact) mass is 361 g/mol. The fourth-order valence-electron chi connectivity index (χ4n) is 8.55. The van der Waals surface area contributed by atoms with Gasteiger partial charge in [0.1, 0.15) is 0 Å². The van der Waals surface area contributed by atoms with Crippen LogP contribution >= 0.6 is 0 Å². The summed E-state index contributed by atoms with van der Waals surface area (Å²) in [5.74, 6) is 3.31. The molecular formula is C23H39NO2. The van der Waals surface area contributed by atoms with Gasteiger partial charge in [-0.05, 0) is 92.5 Å². The van der Waals surface area contributed by atoms with Crippen LogP contribution in [-0.2, 0) is 4.74 Å². The Morgan fingerprint density at radius 1 is 0.962 bits per heavy atom. The van der Waals surface area contributed by atoms with Crippen molar-refractivity contribution in [3.05, 3.63) is 0 Å². The number of aliphatic hydroxyl groups is 1. The first kappa shape index (κ1) is 17.9. The van der Waals surface area contributed by atoms with Crippen LogP contribution in [0.1, 0.15) is 72.6 Å². The Hall–Kier alpha value is -0.120. The molecule has 5 rings (SSSR count). The van der Waals surface area contributed by atoms with Crippen molar-refractivity contribution in [1.82, 2.24) is 4.90 Å². The molecule has 3 nitrogen and oxygen atoms in total. The molecule has 1 N–H and O–H groups in total. The minimum Gasteiger partial charge on any atom is -0.391 e. The standard InChI is InChI=1S/C23H39NO2/c1-5-24(6-2)18-12-17-15-8-7-14-11-19-20(26-19)13-23(14,4)16(15)9-10-22(17,3)21(18)25/h14-21,25H,5-13H2,1-4H3/t14?,15?,16?,17?,18?,19-,20+,21?,22-,23-/m0/s1. The quantitative estimate of drug-likeness (QED) is 0.769. The van der Waals surface area contributed by atoms with Crippen LogP contribution in [0.3, 0.4) is 0 Å². The average Bonchev–Trinajstić information content (AvgIpc) is 3.31. The Kier molecular flexibility index (Phi) is 4.10. The molecule has 0 aromatic heterocycles. The third-order valence-corrected chi connectivity index (χ3v) is 10.2. The van der Waals surface area contributed by atoms with Crippen LogP contribution in [0.2, 0.25) is 0 Å². The van der Waals surface area contributed by atoms with Crippen molar-refractivity contribution in [1.29, 1.82) is 0 Å². The predicted molar refractivity (Wildman–Crippen MR) is 104 cm³/mol. The zero-order chi connectivity index (χ0) is 18.3. The van der Waals surface area contributed by atoms with Crippen molar-refractivity contribution in [3.8, 4) is 0 Å². The lowest BCUT2D eigenvalue weighted by atomic mass is 9.45. The normalized spacial score (nSPS) is 57.9. The van der Waals surface area contributed by atoms with Crippen molar-refractivity contribution >= 4 is 0 Å². The van der Waals surface area contributed by atoms with E-state index in [1.165, 1.54) is 44.9 Å². The van der Waals surface area contributed by atoms with Crippen molar-refractivity contribution in [3.63, 3.8) is 0 Å². The molecule has 4 saturated carbocycles. The van der Waals surface area contributed by atoms with Crippen molar-refractivity contribution in [2.24, 2.45) is 34.5 Å². The number of epoxide rings is 1. The van der Waals surface area contributed by atoms with Gasteiger partial charge in [0, 0.05) is 6.04 Å². The van der Waals surface area contributed by atoms with Gasteiger partial charge in [0.05, 0.1) is 18.3 Å². The zero-order valence-corrected chi connectivity index (χ0v) is 17.3. The fourth-order valence-corrected chi connectivity index (χ4v) is 8.55. The molecule has 1 heterocycles. The van der Waals surface area contributed by atoms with E-state index in [9.17, 15) is 5.11 Å². The van der Waals surface area contributed by atoms with Crippen LogP contribution in [0.5, 0.6) is 0 Å². The molecule has 5 aliphatic rings. The zero-order valence-electron chi connectivity index (χ0n) is 17.3. The highest BCUT2D eigenvalue weighted by Crippen LogP contribution is 2.68. The molecule has 5 fully saturated rings. The summed E-state index contributed by atoms with van der Waals surface area (Å²) in [5, 5.41) is 11.3. The van der Waals surface area contributed by atoms with E-state index >= 15 is 0 Å². The first-order valence-electron chi connectivity index (χ1n) is 11.5. The fraction of sp³-hybridized carbons (Fsp3) is 1.00. The summed E-state index contributed by atoms with van der Waals surface area (Å²) in [6.07, 6.45) is 10.3. The van der Waals surface area contributed by atoms with Crippen LogP contribution in [0, 0.1) is 34.5 Å². The third-order valence-electron chi connectivity index (χ3n) is 10.2. The number of aliphatic hydroxyl groups excluding tert-OH is 1. The van der Waals surface area contributed by atoms with Gasteiger partial charge in [-0.1, -0.05) is 27.7 Å². The highest BCUT2D eigenvalue weighted by atomic mass is 16.6. The molecule has 0 aromatic rings. The molecule has 0 bridgehead atoms. The molecule has 148 valence electrons. The molecule has 1 aliphatic heterocycles. The van der Waals surface area contributed by atoms with Crippen molar-refractivity contribution in [2.45, 2.75) is 97.0 Å². The van der Waals surface area contributed by atoms with E-state index in [4.69, 9.17) is 4.74 Å². The van der Waals surface area contributed by atoms with E-state index in [1.807, 2.05) is 0 Å². The number of nitrogens with zero attached hydrogens (tertiary/aromatic N) is 1. The summed E-state index contributed by atoms with van der Waals surface area (Å²) < 4.78 is 5.97. The summed E-state index contributed by atoms with van der Waals surface area (Å²) in [6.45, 7) is 11.7. The summed E-state index contributed by atoms with van der Waals surface area (Å²) in [6, 6.07) is 0.381. The van der Waals surface area contributed by atoms with Gasteiger partial charge in [0.15, 0.2) is 0 Å². The molecule has 0 amide bonds. The van der Waals surface area contributed by atoms with Crippen LogP contribution in [0.4, 0.5) is 0 Å². The minimum atomic E-state index is -0.138. The largest absolute Gasteiger partial charge is 0.391 e. The van der Waals surface area contributed by atoms with Gasteiger partial charge in [0.2, 0.25) is 0 Å². The minimum absolute atomic E-state index is 0.138. The van der Waals surface area contributed by atoms with Crippen LogP contribution in [0.15, 0.2) is 0 Å².